The van der Waals surface area contributed by atoms with Crippen LogP contribution in [0.4, 0.5) is 11.5 Å². The average Bonchev–Trinajstić information content (AvgIpc) is 2.75. The van der Waals surface area contributed by atoms with Gasteiger partial charge in [-0.1, -0.05) is 0 Å². The monoisotopic (exact) mass is 262 g/mol. The predicted molar refractivity (Wildman–Crippen MR) is 72.7 cm³/mol. The number of nitrogen functional groups attached to an aromatic ring is 1. The lowest BCUT2D eigenvalue weighted by atomic mass is 10.4. The number of hydrogen-bond donors (Lipinski definition) is 2. The van der Waals surface area contributed by atoms with Crippen LogP contribution in [0.25, 0.3) is 0 Å². The SMILES string of the molecule is CC(C)Oc1nc(NCc2ncn(C)n2)ccc1N. The van der Waals surface area contributed by atoms with Crippen molar-refractivity contribution >= 4 is 11.5 Å². The number of aryl methyl sites for hydroxylation is 1. The summed E-state index contributed by atoms with van der Waals surface area (Å²) in [6.07, 6.45) is 1.68. The Morgan fingerprint density at radius 1 is 1.42 bits per heavy atom. The van der Waals surface area contributed by atoms with Crippen LogP contribution in [0.15, 0.2) is 18.5 Å². The fourth-order valence-electron chi connectivity index (χ4n) is 1.50. The lowest BCUT2D eigenvalue weighted by Gasteiger charge is -2.12. The normalized spacial score (nSPS) is 10.7. The maximum absolute atomic E-state index is 5.81. The minimum absolute atomic E-state index is 0.0301. The largest absolute Gasteiger partial charge is 0.473 e. The van der Waals surface area contributed by atoms with Gasteiger partial charge in [-0.3, -0.25) is 4.68 Å². The molecule has 3 N–H and O–H groups in total. The van der Waals surface area contributed by atoms with Crippen molar-refractivity contribution < 1.29 is 4.74 Å². The third-order valence-electron chi connectivity index (χ3n) is 2.31. The van der Waals surface area contributed by atoms with Gasteiger partial charge in [-0.25, -0.2) is 4.98 Å². The maximum atomic E-state index is 5.81. The first kappa shape index (κ1) is 13.1. The first-order valence-electron chi connectivity index (χ1n) is 6.06. The highest BCUT2D eigenvalue weighted by molar-refractivity contribution is 5.53. The molecule has 0 aromatic carbocycles. The standard InChI is InChI=1S/C12H18N6O/c1-8(2)19-12-9(13)4-5-10(16-12)14-6-11-15-7-18(3)17-11/h4-5,7-8H,6,13H2,1-3H3,(H,14,16). The summed E-state index contributed by atoms with van der Waals surface area (Å²) in [4.78, 5) is 8.44. The van der Waals surface area contributed by atoms with E-state index in [1.807, 2.05) is 20.9 Å². The Morgan fingerprint density at radius 3 is 2.84 bits per heavy atom. The van der Waals surface area contributed by atoms with E-state index in [9.17, 15) is 0 Å². The Morgan fingerprint density at radius 2 is 2.21 bits per heavy atom. The molecule has 0 saturated heterocycles. The van der Waals surface area contributed by atoms with Gasteiger partial charge in [-0.2, -0.15) is 10.1 Å². The first-order valence-corrected chi connectivity index (χ1v) is 6.06. The Labute approximate surface area is 111 Å². The molecule has 0 fully saturated rings. The zero-order chi connectivity index (χ0) is 13.8. The third kappa shape index (κ3) is 3.57. The Hall–Kier alpha value is -2.31. The van der Waals surface area contributed by atoms with Crippen molar-refractivity contribution in [1.82, 2.24) is 19.7 Å². The number of hydrogen-bond acceptors (Lipinski definition) is 6. The van der Waals surface area contributed by atoms with Crippen LogP contribution in [-0.4, -0.2) is 25.9 Å². The molecule has 19 heavy (non-hydrogen) atoms. The van der Waals surface area contributed by atoms with Crippen molar-refractivity contribution in [2.45, 2.75) is 26.5 Å². The fourth-order valence-corrected chi connectivity index (χ4v) is 1.50. The molecule has 0 bridgehead atoms. The second-order valence-electron chi connectivity index (χ2n) is 4.45. The van der Waals surface area contributed by atoms with Crippen LogP contribution in [-0.2, 0) is 13.6 Å². The van der Waals surface area contributed by atoms with Crippen LogP contribution in [0.5, 0.6) is 5.88 Å². The highest BCUT2D eigenvalue weighted by atomic mass is 16.5. The highest BCUT2D eigenvalue weighted by Gasteiger charge is 2.07. The van der Waals surface area contributed by atoms with Crippen molar-refractivity contribution in [3.8, 4) is 5.88 Å². The molecule has 0 aliphatic heterocycles. The van der Waals surface area contributed by atoms with Crippen molar-refractivity contribution in [2.24, 2.45) is 7.05 Å². The van der Waals surface area contributed by atoms with E-state index < -0.39 is 0 Å². The molecule has 0 unspecified atom stereocenters. The summed E-state index contributed by atoms with van der Waals surface area (Å²) in [6.45, 7) is 4.36. The van der Waals surface area contributed by atoms with E-state index in [0.29, 0.717) is 29.8 Å². The first-order chi connectivity index (χ1) is 9.04. The van der Waals surface area contributed by atoms with Crippen LogP contribution in [0.3, 0.4) is 0 Å². The molecule has 102 valence electrons. The summed E-state index contributed by atoms with van der Waals surface area (Å²) in [6, 6.07) is 3.56. The van der Waals surface area contributed by atoms with Crippen LogP contribution < -0.4 is 15.8 Å². The Balaban J connectivity index is 2.04. The fraction of sp³-hybridized carbons (Fsp3) is 0.417. The van der Waals surface area contributed by atoms with Gasteiger partial charge in [0.2, 0.25) is 5.88 Å². The second kappa shape index (κ2) is 5.55. The van der Waals surface area contributed by atoms with Gasteiger partial charge in [0.1, 0.15) is 12.1 Å². The molecule has 2 heterocycles. The number of pyridine rings is 1. The summed E-state index contributed by atoms with van der Waals surface area (Å²) in [5.41, 5.74) is 6.33. The molecule has 0 amide bonds. The van der Waals surface area contributed by atoms with Crippen LogP contribution in [0.1, 0.15) is 19.7 Å². The summed E-state index contributed by atoms with van der Waals surface area (Å²) in [7, 11) is 1.83. The molecule has 7 nitrogen and oxygen atoms in total. The molecule has 0 spiro atoms. The van der Waals surface area contributed by atoms with E-state index in [4.69, 9.17) is 10.5 Å². The van der Waals surface area contributed by atoms with Gasteiger partial charge in [-0.15, -0.1) is 0 Å². The molecule has 0 radical (unpaired) electrons. The number of nitrogens with zero attached hydrogens (tertiary/aromatic N) is 4. The summed E-state index contributed by atoms with van der Waals surface area (Å²) in [5, 5.41) is 7.30. The number of rotatable bonds is 5. The van der Waals surface area contributed by atoms with Crippen LogP contribution >= 0.6 is 0 Å². The summed E-state index contributed by atoms with van der Waals surface area (Å²) >= 11 is 0. The quantitative estimate of drug-likeness (QED) is 0.841. The number of nitrogens with one attached hydrogen (secondary N) is 1. The van der Waals surface area contributed by atoms with E-state index in [1.54, 1.807) is 23.1 Å². The average molecular weight is 262 g/mol. The second-order valence-corrected chi connectivity index (χ2v) is 4.45. The molecule has 0 saturated carbocycles. The zero-order valence-electron chi connectivity index (χ0n) is 11.3. The van der Waals surface area contributed by atoms with E-state index in [0.717, 1.165) is 0 Å². The van der Waals surface area contributed by atoms with Crippen molar-refractivity contribution in [2.75, 3.05) is 11.1 Å². The van der Waals surface area contributed by atoms with Gasteiger partial charge in [0, 0.05) is 7.05 Å². The number of anilines is 2. The van der Waals surface area contributed by atoms with E-state index in [2.05, 4.69) is 20.4 Å². The third-order valence-corrected chi connectivity index (χ3v) is 2.31. The van der Waals surface area contributed by atoms with Gasteiger partial charge < -0.3 is 15.8 Å². The number of nitrogens with two attached hydrogens (primary N) is 1. The van der Waals surface area contributed by atoms with Crippen molar-refractivity contribution in [3.05, 3.63) is 24.3 Å². The summed E-state index contributed by atoms with van der Waals surface area (Å²) in [5.74, 6) is 1.82. The van der Waals surface area contributed by atoms with Crippen molar-refractivity contribution in [3.63, 3.8) is 0 Å². The van der Waals surface area contributed by atoms with Gasteiger partial charge in [0.25, 0.3) is 0 Å². The Kier molecular flexibility index (Phi) is 3.84. The molecular weight excluding hydrogens is 244 g/mol. The smallest absolute Gasteiger partial charge is 0.239 e. The molecule has 0 aliphatic carbocycles. The Bertz CT molecular complexity index is 551. The molecule has 7 heteroatoms. The van der Waals surface area contributed by atoms with Crippen molar-refractivity contribution in [1.29, 1.82) is 0 Å². The van der Waals surface area contributed by atoms with Crippen LogP contribution in [0.2, 0.25) is 0 Å². The molecule has 0 aliphatic rings. The zero-order valence-corrected chi connectivity index (χ0v) is 11.3. The molecule has 2 aromatic rings. The van der Waals surface area contributed by atoms with Gasteiger partial charge in [0.05, 0.1) is 18.3 Å². The molecular formula is C12H18N6O. The maximum Gasteiger partial charge on any atom is 0.239 e. The van der Waals surface area contributed by atoms with Crippen LogP contribution in [0, 0.1) is 0 Å². The lowest BCUT2D eigenvalue weighted by molar-refractivity contribution is 0.234. The van der Waals surface area contributed by atoms with E-state index in [1.165, 1.54) is 0 Å². The number of aromatic nitrogens is 4. The molecule has 2 rings (SSSR count). The highest BCUT2D eigenvalue weighted by Crippen LogP contribution is 2.22. The van der Waals surface area contributed by atoms with Gasteiger partial charge in [-0.05, 0) is 26.0 Å². The minimum atomic E-state index is 0.0301. The lowest BCUT2D eigenvalue weighted by Crippen LogP contribution is -2.10. The van der Waals surface area contributed by atoms with E-state index in [-0.39, 0.29) is 6.10 Å². The topological polar surface area (TPSA) is 90.9 Å². The van der Waals surface area contributed by atoms with Gasteiger partial charge in [0.15, 0.2) is 5.82 Å². The minimum Gasteiger partial charge on any atom is -0.473 e. The number of ether oxygens (including phenoxy) is 1. The molecule has 2 aromatic heterocycles. The van der Waals surface area contributed by atoms with Gasteiger partial charge >= 0.3 is 0 Å². The van der Waals surface area contributed by atoms with E-state index >= 15 is 0 Å². The summed E-state index contributed by atoms with van der Waals surface area (Å²) < 4.78 is 7.18. The predicted octanol–water partition coefficient (Wildman–Crippen LogP) is 1.19. The molecule has 0 atom stereocenters.